The van der Waals surface area contributed by atoms with E-state index in [1.165, 1.54) is 11.8 Å². The molecule has 2 amide bonds. The van der Waals surface area contributed by atoms with Crippen LogP contribution in [-0.2, 0) is 9.59 Å². The van der Waals surface area contributed by atoms with E-state index in [2.05, 4.69) is 17.6 Å². The molecule has 0 radical (unpaired) electrons. The van der Waals surface area contributed by atoms with Gasteiger partial charge in [0.05, 0.1) is 11.4 Å². The maximum Gasteiger partial charge on any atom is 0.227 e. The van der Waals surface area contributed by atoms with Crippen LogP contribution in [0.25, 0.3) is 0 Å². The molecule has 2 rings (SSSR count). The maximum absolute atomic E-state index is 12.4. The molecular weight excluding hydrogens is 286 g/mol. The molecule has 0 aromatic heterocycles. The SMILES string of the molecule is C[C@H]1C[C@@H](C(=O)Nc2ccccc2SCC(N)=O)CCN1. The highest BCUT2D eigenvalue weighted by Gasteiger charge is 2.25. The van der Waals surface area contributed by atoms with Crippen LogP contribution in [0.3, 0.4) is 0 Å². The van der Waals surface area contributed by atoms with Crippen molar-refractivity contribution in [1.29, 1.82) is 0 Å². The zero-order valence-corrected chi connectivity index (χ0v) is 12.9. The van der Waals surface area contributed by atoms with Crippen LogP contribution < -0.4 is 16.4 Å². The lowest BCUT2D eigenvalue weighted by Gasteiger charge is -2.27. The number of para-hydroxylation sites is 1. The van der Waals surface area contributed by atoms with Crippen LogP contribution in [0, 0.1) is 5.92 Å². The predicted octanol–water partition coefficient (Wildman–Crippen LogP) is 1.59. The number of carbonyl (C=O) groups excluding carboxylic acids is 2. The summed E-state index contributed by atoms with van der Waals surface area (Å²) in [5, 5.41) is 6.32. The summed E-state index contributed by atoms with van der Waals surface area (Å²) in [7, 11) is 0. The predicted molar refractivity (Wildman–Crippen MR) is 85.2 cm³/mol. The van der Waals surface area contributed by atoms with Gasteiger partial charge in [-0.25, -0.2) is 0 Å². The Kier molecular flexibility index (Phi) is 5.64. The Morgan fingerprint density at radius 2 is 2.19 bits per heavy atom. The minimum atomic E-state index is -0.367. The number of primary amides is 1. The van der Waals surface area contributed by atoms with Gasteiger partial charge in [-0.2, -0.15) is 0 Å². The molecule has 5 nitrogen and oxygen atoms in total. The number of anilines is 1. The molecule has 1 fully saturated rings. The fourth-order valence-corrected chi connectivity index (χ4v) is 3.20. The molecule has 1 aromatic carbocycles. The van der Waals surface area contributed by atoms with Gasteiger partial charge in [0.1, 0.15) is 0 Å². The average Bonchev–Trinajstić information content (AvgIpc) is 2.46. The van der Waals surface area contributed by atoms with E-state index in [1.54, 1.807) is 0 Å². The van der Waals surface area contributed by atoms with Crippen LogP contribution in [0.4, 0.5) is 5.69 Å². The normalized spacial score (nSPS) is 21.8. The van der Waals surface area contributed by atoms with Gasteiger partial charge >= 0.3 is 0 Å². The molecule has 1 aromatic rings. The summed E-state index contributed by atoms with van der Waals surface area (Å²) in [4.78, 5) is 24.1. The van der Waals surface area contributed by atoms with E-state index in [0.717, 1.165) is 30.0 Å². The number of piperidine rings is 1. The lowest BCUT2D eigenvalue weighted by atomic mass is 9.92. The molecule has 0 saturated carbocycles. The van der Waals surface area contributed by atoms with Gasteiger partial charge in [-0.3, -0.25) is 9.59 Å². The van der Waals surface area contributed by atoms with E-state index in [1.807, 2.05) is 24.3 Å². The highest BCUT2D eigenvalue weighted by atomic mass is 32.2. The van der Waals surface area contributed by atoms with Crippen molar-refractivity contribution >= 4 is 29.3 Å². The molecular formula is C15H21N3O2S. The molecule has 0 aliphatic carbocycles. The Balaban J connectivity index is 2.01. The summed E-state index contributed by atoms with van der Waals surface area (Å²) < 4.78 is 0. The highest BCUT2D eigenvalue weighted by molar-refractivity contribution is 8.00. The second kappa shape index (κ2) is 7.47. The molecule has 1 aliphatic heterocycles. The Morgan fingerprint density at radius 3 is 2.90 bits per heavy atom. The molecule has 0 bridgehead atoms. The van der Waals surface area contributed by atoms with Gasteiger partial charge < -0.3 is 16.4 Å². The fourth-order valence-electron chi connectivity index (χ4n) is 2.45. The van der Waals surface area contributed by atoms with Gasteiger partial charge in [-0.15, -0.1) is 11.8 Å². The van der Waals surface area contributed by atoms with E-state index < -0.39 is 0 Å². The van der Waals surface area contributed by atoms with Crippen molar-refractivity contribution < 1.29 is 9.59 Å². The molecule has 21 heavy (non-hydrogen) atoms. The van der Waals surface area contributed by atoms with E-state index in [9.17, 15) is 9.59 Å². The molecule has 0 spiro atoms. The summed E-state index contributed by atoms with van der Waals surface area (Å²) in [5.41, 5.74) is 5.92. The first-order valence-electron chi connectivity index (χ1n) is 7.10. The van der Waals surface area contributed by atoms with E-state index in [4.69, 9.17) is 5.73 Å². The van der Waals surface area contributed by atoms with Crippen molar-refractivity contribution in [1.82, 2.24) is 5.32 Å². The van der Waals surface area contributed by atoms with Crippen molar-refractivity contribution in [2.45, 2.75) is 30.7 Å². The molecule has 1 aliphatic rings. The number of nitrogens with two attached hydrogens (primary N) is 1. The number of hydrogen-bond donors (Lipinski definition) is 3. The Hall–Kier alpha value is -1.53. The third-order valence-electron chi connectivity index (χ3n) is 3.51. The van der Waals surface area contributed by atoms with Crippen molar-refractivity contribution in [2.24, 2.45) is 11.7 Å². The Bertz CT molecular complexity index is 521. The van der Waals surface area contributed by atoms with Gasteiger partial charge in [0.2, 0.25) is 11.8 Å². The van der Waals surface area contributed by atoms with Crippen LogP contribution in [0.15, 0.2) is 29.2 Å². The lowest BCUT2D eigenvalue weighted by molar-refractivity contribution is -0.121. The first-order chi connectivity index (χ1) is 10.1. The van der Waals surface area contributed by atoms with Gasteiger partial charge in [0, 0.05) is 16.9 Å². The van der Waals surface area contributed by atoms with Gasteiger partial charge in [0.15, 0.2) is 0 Å². The summed E-state index contributed by atoms with van der Waals surface area (Å²) >= 11 is 1.34. The van der Waals surface area contributed by atoms with E-state index in [0.29, 0.717) is 6.04 Å². The van der Waals surface area contributed by atoms with Crippen molar-refractivity contribution in [3.05, 3.63) is 24.3 Å². The third-order valence-corrected chi connectivity index (χ3v) is 4.61. The van der Waals surface area contributed by atoms with Crippen LogP contribution in [-0.4, -0.2) is 30.2 Å². The number of nitrogens with one attached hydrogen (secondary N) is 2. The lowest BCUT2D eigenvalue weighted by Crippen LogP contribution is -2.40. The van der Waals surface area contributed by atoms with E-state index in [-0.39, 0.29) is 23.5 Å². The maximum atomic E-state index is 12.4. The Morgan fingerprint density at radius 1 is 1.43 bits per heavy atom. The highest BCUT2D eigenvalue weighted by Crippen LogP contribution is 2.28. The number of thioether (sulfide) groups is 1. The van der Waals surface area contributed by atoms with E-state index >= 15 is 0 Å². The van der Waals surface area contributed by atoms with Crippen LogP contribution in [0.1, 0.15) is 19.8 Å². The van der Waals surface area contributed by atoms with Gasteiger partial charge in [0.25, 0.3) is 0 Å². The molecule has 6 heteroatoms. The van der Waals surface area contributed by atoms with Crippen molar-refractivity contribution in [2.75, 3.05) is 17.6 Å². The summed E-state index contributed by atoms with van der Waals surface area (Å²) in [6, 6.07) is 7.86. The standard InChI is InChI=1S/C15H21N3O2S/c1-10-8-11(6-7-17-10)15(20)18-12-4-2-3-5-13(12)21-9-14(16)19/h2-5,10-11,17H,6-9H2,1H3,(H2,16,19)(H,18,20)/t10-,11-/m0/s1. The van der Waals surface area contributed by atoms with Crippen molar-refractivity contribution in [3.63, 3.8) is 0 Å². The monoisotopic (exact) mass is 307 g/mol. The molecule has 1 saturated heterocycles. The molecule has 1 heterocycles. The largest absolute Gasteiger partial charge is 0.369 e. The van der Waals surface area contributed by atoms with Gasteiger partial charge in [-0.05, 0) is 38.4 Å². The quantitative estimate of drug-likeness (QED) is 0.721. The molecule has 114 valence electrons. The first-order valence-corrected chi connectivity index (χ1v) is 8.09. The number of carbonyl (C=O) groups is 2. The van der Waals surface area contributed by atoms with Crippen LogP contribution >= 0.6 is 11.8 Å². The van der Waals surface area contributed by atoms with Gasteiger partial charge in [-0.1, -0.05) is 12.1 Å². The number of rotatable bonds is 5. The third kappa shape index (κ3) is 4.75. The summed E-state index contributed by atoms with van der Waals surface area (Å²) in [6.45, 7) is 2.97. The molecule has 0 unspecified atom stereocenters. The molecule has 2 atom stereocenters. The smallest absolute Gasteiger partial charge is 0.227 e. The topological polar surface area (TPSA) is 84.2 Å². The zero-order valence-electron chi connectivity index (χ0n) is 12.1. The fraction of sp³-hybridized carbons (Fsp3) is 0.467. The average molecular weight is 307 g/mol. The summed E-state index contributed by atoms with van der Waals surface area (Å²) in [5.74, 6) is -0.0729. The number of amides is 2. The minimum absolute atomic E-state index is 0.0375. The second-order valence-corrected chi connectivity index (χ2v) is 6.33. The Labute approximate surface area is 129 Å². The van der Waals surface area contributed by atoms with Crippen LogP contribution in [0.2, 0.25) is 0 Å². The first kappa shape index (κ1) is 15.9. The number of hydrogen-bond acceptors (Lipinski definition) is 4. The number of benzene rings is 1. The minimum Gasteiger partial charge on any atom is -0.369 e. The molecule has 4 N–H and O–H groups in total. The van der Waals surface area contributed by atoms with Crippen molar-refractivity contribution in [3.8, 4) is 0 Å². The zero-order chi connectivity index (χ0) is 15.2. The summed E-state index contributed by atoms with van der Waals surface area (Å²) in [6.07, 6.45) is 1.70. The second-order valence-electron chi connectivity index (χ2n) is 5.32. The van der Waals surface area contributed by atoms with Crippen LogP contribution in [0.5, 0.6) is 0 Å².